The molecule has 1 fully saturated rings. The summed E-state index contributed by atoms with van der Waals surface area (Å²) in [6, 6.07) is 5.29. The Morgan fingerprint density at radius 1 is 1.32 bits per heavy atom. The molecule has 1 N–H and O–H groups in total. The van der Waals surface area contributed by atoms with Gasteiger partial charge in [0, 0.05) is 19.2 Å². The lowest BCUT2D eigenvalue weighted by Crippen LogP contribution is -2.39. The number of hydrogen-bond donors (Lipinski definition) is 1. The van der Waals surface area contributed by atoms with Crippen LogP contribution in [-0.4, -0.2) is 35.1 Å². The number of piperidine rings is 1. The van der Waals surface area contributed by atoms with Crippen LogP contribution in [0.25, 0.3) is 6.08 Å². The van der Waals surface area contributed by atoms with Crippen LogP contribution >= 0.6 is 23.2 Å². The number of likely N-dealkylation sites (tertiary alicyclic amines) is 1. The van der Waals surface area contributed by atoms with Crippen molar-refractivity contribution in [1.29, 1.82) is 0 Å². The van der Waals surface area contributed by atoms with Crippen molar-refractivity contribution in [2.45, 2.75) is 18.9 Å². The van der Waals surface area contributed by atoms with Crippen LogP contribution in [-0.2, 0) is 4.79 Å². The van der Waals surface area contributed by atoms with Crippen molar-refractivity contribution in [2.24, 2.45) is 0 Å². The Labute approximate surface area is 122 Å². The Bertz CT molecular complexity index is 494. The van der Waals surface area contributed by atoms with Gasteiger partial charge in [0.15, 0.2) is 0 Å². The Hall–Kier alpha value is -1.03. The van der Waals surface area contributed by atoms with Gasteiger partial charge < -0.3 is 10.0 Å². The fraction of sp³-hybridized carbons (Fsp3) is 0.357. The number of benzene rings is 1. The number of amides is 1. The Morgan fingerprint density at radius 2 is 2.00 bits per heavy atom. The molecule has 0 atom stereocenters. The third-order valence-corrected chi connectivity index (χ3v) is 4.00. The van der Waals surface area contributed by atoms with Gasteiger partial charge in [-0.1, -0.05) is 35.3 Å². The van der Waals surface area contributed by atoms with Crippen LogP contribution in [0.2, 0.25) is 10.0 Å². The molecule has 0 spiro atoms. The molecule has 1 heterocycles. The molecular formula is C14H15Cl2NO2. The van der Waals surface area contributed by atoms with E-state index in [0.717, 1.165) is 5.56 Å². The largest absolute Gasteiger partial charge is 0.393 e. The van der Waals surface area contributed by atoms with Gasteiger partial charge in [0.25, 0.3) is 0 Å². The standard InChI is InChI=1S/C14H15Cl2NO2/c15-12-3-1-2-10(14(12)16)4-5-13(19)17-8-6-11(18)7-9-17/h1-5,11,18H,6-9H2/b5-4+. The van der Waals surface area contributed by atoms with Crippen LogP contribution < -0.4 is 0 Å². The summed E-state index contributed by atoms with van der Waals surface area (Å²) in [5.41, 5.74) is 0.722. The topological polar surface area (TPSA) is 40.5 Å². The number of nitrogens with zero attached hydrogens (tertiary/aromatic N) is 1. The molecule has 102 valence electrons. The molecule has 0 aliphatic carbocycles. The monoisotopic (exact) mass is 299 g/mol. The Balaban J connectivity index is 2.02. The molecule has 2 rings (SSSR count). The lowest BCUT2D eigenvalue weighted by Gasteiger charge is -2.28. The summed E-state index contributed by atoms with van der Waals surface area (Å²) in [6.07, 6.45) is 4.15. The number of aliphatic hydroxyl groups excluding tert-OH is 1. The van der Waals surface area contributed by atoms with E-state index in [1.807, 2.05) is 0 Å². The molecule has 5 heteroatoms. The molecule has 0 bridgehead atoms. The minimum absolute atomic E-state index is 0.0667. The minimum atomic E-state index is -0.282. The second kappa shape index (κ2) is 6.42. The van der Waals surface area contributed by atoms with E-state index in [2.05, 4.69) is 0 Å². The SMILES string of the molecule is O=C(/C=C/c1cccc(Cl)c1Cl)N1CCC(O)CC1. The predicted octanol–water partition coefficient (Wildman–Crippen LogP) is 2.99. The van der Waals surface area contributed by atoms with Gasteiger partial charge in [0.1, 0.15) is 0 Å². The van der Waals surface area contributed by atoms with E-state index in [1.54, 1.807) is 29.2 Å². The summed E-state index contributed by atoms with van der Waals surface area (Å²) in [5.74, 6) is -0.0667. The van der Waals surface area contributed by atoms with Crippen molar-refractivity contribution in [1.82, 2.24) is 4.90 Å². The van der Waals surface area contributed by atoms with E-state index in [9.17, 15) is 9.90 Å². The number of halogens is 2. The van der Waals surface area contributed by atoms with E-state index in [1.165, 1.54) is 6.08 Å². The van der Waals surface area contributed by atoms with Crippen LogP contribution in [0.4, 0.5) is 0 Å². The van der Waals surface area contributed by atoms with E-state index in [0.29, 0.717) is 36.0 Å². The van der Waals surface area contributed by atoms with E-state index in [4.69, 9.17) is 23.2 Å². The second-order valence-electron chi connectivity index (χ2n) is 4.53. The van der Waals surface area contributed by atoms with E-state index < -0.39 is 0 Å². The fourth-order valence-corrected chi connectivity index (χ4v) is 2.37. The zero-order valence-corrected chi connectivity index (χ0v) is 11.9. The fourth-order valence-electron chi connectivity index (χ4n) is 2.00. The number of hydrogen-bond acceptors (Lipinski definition) is 2. The van der Waals surface area contributed by atoms with Crippen LogP contribution in [0.1, 0.15) is 18.4 Å². The lowest BCUT2D eigenvalue weighted by atomic mass is 10.1. The first-order valence-corrected chi connectivity index (χ1v) is 6.92. The molecule has 3 nitrogen and oxygen atoms in total. The molecule has 0 aromatic heterocycles. The van der Waals surface area contributed by atoms with Crippen LogP contribution in [0, 0.1) is 0 Å². The molecule has 0 saturated carbocycles. The normalized spacial score (nSPS) is 17.1. The zero-order chi connectivity index (χ0) is 13.8. The highest BCUT2D eigenvalue weighted by Gasteiger charge is 2.19. The van der Waals surface area contributed by atoms with Crippen LogP contribution in [0.3, 0.4) is 0 Å². The number of aliphatic hydroxyl groups is 1. The van der Waals surface area contributed by atoms with Crippen LogP contribution in [0.15, 0.2) is 24.3 Å². The van der Waals surface area contributed by atoms with E-state index >= 15 is 0 Å². The lowest BCUT2D eigenvalue weighted by molar-refractivity contribution is -0.127. The summed E-state index contributed by atoms with van der Waals surface area (Å²) in [5, 5.41) is 10.3. The quantitative estimate of drug-likeness (QED) is 0.853. The molecular weight excluding hydrogens is 285 g/mol. The highest BCUT2D eigenvalue weighted by atomic mass is 35.5. The first-order chi connectivity index (χ1) is 9.08. The third kappa shape index (κ3) is 3.72. The van der Waals surface area contributed by atoms with Crippen molar-refractivity contribution >= 4 is 35.2 Å². The van der Waals surface area contributed by atoms with Gasteiger partial charge in [-0.05, 0) is 30.5 Å². The summed E-state index contributed by atoms with van der Waals surface area (Å²) in [7, 11) is 0. The Kier molecular flexibility index (Phi) is 4.86. The van der Waals surface area contributed by atoms with Crippen LogP contribution in [0.5, 0.6) is 0 Å². The van der Waals surface area contributed by atoms with Gasteiger partial charge in [-0.2, -0.15) is 0 Å². The van der Waals surface area contributed by atoms with Gasteiger partial charge in [-0.25, -0.2) is 0 Å². The smallest absolute Gasteiger partial charge is 0.246 e. The van der Waals surface area contributed by atoms with Gasteiger partial charge in [0.05, 0.1) is 16.1 Å². The Morgan fingerprint density at radius 3 is 2.68 bits per heavy atom. The second-order valence-corrected chi connectivity index (χ2v) is 5.32. The van der Waals surface area contributed by atoms with Crippen molar-refractivity contribution in [3.05, 3.63) is 39.9 Å². The summed E-state index contributed by atoms with van der Waals surface area (Å²) < 4.78 is 0. The molecule has 1 aromatic carbocycles. The van der Waals surface area contributed by atoms with Crippen molar-refractivity contribution in [3.63, 3.8) is 0 Å². The average Bonchev–Trinajstić information content (AvgIpc) is 2.41. The maximum atomic E-state index is 12.0. The molecule has 1 aliphatic rings. The van der Waals surface area contributed by atoms with Gasteiger partial charge in [-0.15, -0.1) is 0 Å². The summed E-state index contributed by atoms with van der Waals surface area (Å²) >= 11 is 11.9. The maximum Gasteiger partial charge on any atom is 0.246 e. The molecule has 1 aromatic rings. The highest BCUT2D eigenvalue weighted by molar-refractivity contribution is 6.42. The maximum absolute atomic E-state index is 12.0. The molecule has 0 radical (unpaired) electrons. The number of carbonyl (C=O) groups excluding carboxylic acids is 1. The first-order valence-electron chi connectivity index (χ1n) is 6.17. The van der Waals surface area contributed by atoms with Crippen molar-refractivity contribution < 1.29 is 9.90 Å². The molecule has 0 unspecified atom stereocenters. The van der Waals surface area contributed by atoms with Crippen molar-refractivity contribution in [2.75, 3.05) is 13.1 Å². The average molecular weight is 300 g/mol. The van der Waals surface area contributed by atoms with Gasteiger partial charge >= 0.3 is 0 Å². The summed E-state index contributed by atoms with van der Waals surface area (Å²) in [4.78, 5) is 13.7. The van der Waals surface area contributed by atoms with Crippen molar-refractivity contribution in [3.8, 4) is 0 Å². The van der Waals surface area contributed by atoms with E-state index in [-0.39, 0.29) is 12.0 Å². The zero-order valence-electron chi connectivity index (χ0n) is 10.4. The predicted molar refractivity (Wildman–Crippen MR) is 77.3 cm³/mol. The first kappa shape index (κ1) is 14.4. The van der Waals surface area contributed by atoms with Gasteiger partial charge in [0.2, 0.25) is 5.91 Å². The molecule has 1 amide bonds. The number of rotatable bonds is 2. The minimum Gasteiger partial charge on any atom is -0.393 e. The highest BCUT2D eigenvalue weighted by Crippen LogP contribution is 2.26. The number of carbonyl (C=O) groups is 1. The molecule has 19 heavy (non-hydrogen) atoms. The summed E-state index contributed by atoms with van der Waals surface area (Å²) in [6.45, 7) is 1.18. The van der Waals surface area contributed by atoms with Gasteiger partial charge in [-0.3, -0.25) is 4.79 Å². The molecule has 1 saturated heterocycles. The third-order valence-electron chi connectivity index (χ3n) is 3.16. The molecule has 1 aliphatic heterocycles.